The van der Waals surface area contributed by atoms with Gasteiger partial charge in [-0.3, -0.25) is 10.2 Å². The lowest BCUT2D eigenvalue weighted by Crippen LogP contribution is -2.38. The summed E-state index contributed by atoms with van der Waals surface area (Å²) in [5.41, 5.74) is 8.07. The van der Waals surface area contributed by atoms with Crippen LogP contribution in [0.3, 0.4) is 0 Å². The number of nitrogens with two attached hydrogens (primary N) is 2. The quantitative estimate of drug-likeness (QED) is 0.277. The van der Waals surface area contributed by atoms with Crippen molar-refractivity contribution in [2.45, 2.75) is 6.04 Å². The third-order valence-corrected chi connectivity index (χ3v) is 1.68. The largest absolute Gasteiger partial charge is 0.508 e. The van der Waals surface area contributed by atoms with Crippen molar-refractivity contribution in [3.8, 4) is 5.75 Å². The van der Waals surface area contributed by atoms with Crippen molar-refractivity contribution in [1.29, 1.82) is 0 Å². The number of aromatic hydroxyl groups is 1. The van der Waals surface area contributed by atoms with Crippen molar-refractivity contribution >= 4 is 5.91 Å². The molecule has 0 aromatic heterocycles. The lowest BCUT2D eigenvalue weighted by molar-refractivity contribution is -0.122. The molecule has 70 valence electrons. The van der Waals surface area contributed by atoms with Crippen LogP contribution in [0.25, 0.3) is 0 Å². The Hall–Kier alpha value is -1.59. The lowest BCUT2D eigenvalue weighted by atomic mass is 10.1. The lowest BCUT2D eigenvalue weighted by Gasteiger charge is -2.09. The predicted molar refractivity (Wildman–Crippen MR) is 47.4 cm³/mol. The summed E-state index contributed by atoms with van der Waals surface area (Å²) in [5, 5.41) is 8.97. The fraction of sp³-hybridized carbons (Fsp3) is 0.125. The van der Waals surface area contributed by atoms with Crippen molar-refractivity contribution in [3.05, 3.63) is 29.8 Å². The van der Waals surface area contributed by atoms with Crippen LogP contribution in [0.1, 0.15) is 11.6 Å². The highest BCUT2D eigenvalue weighted by molar-refractivity contribution is 5.82. The number of rotatable bonds is 2. The third kappa shape index (κ3) is 2.17. The van der Waals surface area contributed by atoms with Gasteiger partial charge in [0.15, 0.2) is 0 Å². The number of amides is 1. The summed E-state index contributed by atoms with van der Waals surface area (Å²) in [6, 6.07) is 5.24. The Morgan fingerprint density at radius 1 is 1.38 bits per heavy atom. The molecule has 0 aliphatic carbocycles. The van der Waals surface area contributed by atoms with Crippen molar-refractivity contribution < 1.29 is 9.90 Å². The SMILES string of the molecule is NNC(=O)C(N)c1ccc(O)cc1. The van der Waals surface area contributed by atoms with Crippen LogP contribution in [0, 0.1) is 0 Å². The first kappa shape index (κ1) is 9.50. The van der Waals surface area contributed by atoms with Gasteiger partial charge in [0.2, 0.25) is 0 Å². The van der Waals surface area contributed by atoms with E-state index in [1.807, 2.05) is 5.43 Å². The van der Waals surface area contributed by atoms with Gasteiger partial charge in [-0.05, 0) is 17.7 Å². The minimum absolute atomic E-state index is 0.129. The van der Waals surface area contributed by atoms with Gasteiger partial charge in [-0.1, -0.05) is 12.1 Å². The number of carbonyl (C=O) groups excluding carboxylic acids is 1. The molecule has 13 heavy (non-hydrogen) atoms. The Balaban J connectivity index is 2.83. The number of hydrogen-bond acceptors (Lipinski definition) is 4. The summed E-state index contributed by atoms with van der Waals surface area (Å²) in [4.78, 5) is 11.0. The number of hydrogen-bond donors (Lipinski definition) is 4. The molecule has 6 N–H and O–H groups in total. The van der Waals surface area contributed by atoms with E-state index in [1.165, 1.54) is 12.1 Å². The topological polar surface area (TPSA) is 101 Å². The zero-order valence-electron chi connectivity index (χ0n) is 6.90. The van der Waals surface area contributed by atoms with E-state index >= 15 is 0 Å². The van der Waals surface area contributed by atoms with E-state index in [0.717, 1.165) is 0 Å². The molecule has 0 heterocycles. The Kier molecular flexibility index (Phi) is 2.84. The van der Waals surface area contributed by atoms with E-state index < -0.39 is 11.9 Å². The van der Waals surface area contributed by atoms with Crippen LogP contribution in [0.4, 0.5) is 0 Å². The Morgan fingerprint density at radius 2 is 1.92 bits per heavy atom. The van der Waals surface area contributed by atoms with Gasteiger partial charge in [0, 0.05) is 0 Å². The molecule has 1 amide bonds. The predicted octanol–water partition coefficient (Wildman–Crippen LogP) is -0.618. The minimum atomic E-state index is -0.800. The molecule has 1 aromatic rings. The molecule has 1 unspecified atom stereocenters. The van der Waals surface area contributed by atoms with Gasteiger partial charge in [-0.2, -0.15) is 0 Å². The normalized spacial score (nSPS) is 12.2. The molecule has 1 atom stereocenters. The number of nitrogens with one attached hydrogen (secondary N) is 1. The standard InChI is InChI=1S/C8H11N3O2/c9-7(8(13)11-10)5-1-3-6(12)4-2-5/h1-4,7,12H,9-10H2,(H,11,13). The first-order chi connectivity index (χ1) is 6.15. The molecule has 5 nitrogen and oxygen atoms in total. The van der Waals surface area contributed by atoms with Gasteiger partial charge in [0.1, 0.15) is 11.8 Å². The van der Waals surface area contributed by atoms with Gasteiger partial charge in [0.05, 0.1) is 0 Å². The maximum atomic E-state index is 11.0. The number of carbonyl (C=O) groups is 1. The Bertz CT molecular complexity index is 297. The summed E-state index contributed by atoms with van der Waals surface area (Å²) in [6.07, 6.45) is 0. The highest BCUT2D eigenvalue weighted by Crippen LogP contribution is 2.14. The maximum absolute atomic E-state index is 11.0. The first-order valence-electron chi connectivity index (χ1n) is 3.70. The van der Waals surface area contributed by atoms with E-state index in [2.05, 4.69) is 0 Å². The summed E-state index contributed by atoms with van der Waals surface area (Å²) in [5.74, 6) is 4.57. The fourth-order valence-corrected chi connectivity index (χ4v) is 0.923. The van der Waals surface area contributed by atoms with Crippen LogP contribution >= 0.6 is 0 Å². The zero-order valence-corrected chi connectivity index (χ0v) is 6.90. The number of hydrazine groups is 1. The molecule has 0 radical (unpaired) electrons. The molecule has 0 aliphatic heterocycles. The average molecular weight is 181 g/mol. The minimum Gasteiger partial charge on any atom is -0.508 e. The monoisotopic (exact) mass is 181 g/mol. The molecule has 1 rings (SSSR count). The summed E-state index contributed by atoms with van der Waals surface area (Å²) < 4.78 is 0. The van der Waals surface area contributed by atoms with E-state index in [4.69, 9.17) is 16.7 Å². The molecular weight excluding hydrogens is 170 g/mol. The molecule has 0 spiro atoms. The maximum Gasteiger partial charge on any atom is 0.255 e. The van der Waals surface area contributed by atoms with Crippen LogP contribution in [0.2, 0.25) is 0 Å². The van der Waals surface area contributed by atoms with Crippen molar-refractivity contribution in [2.24, 2.45) is 11.6 Å². The third-order valence-electron chi connectivity index (χ3n) is 1.68. The fourth-order valence-electron chi connectivity index (χ4n) is 0.923. The van der Waals surface area contributed by atoms with Gasteiger partial charge >= 0.3 is 0 Å². The van der Waals surface area contributed by atoms with Crippen molar-refractivity contribution in [1.82, 2.24) is 5.43 Å². The Labute approximate surface area is 75.3 Å². The van der Waals surface area contributed by atoms with Crippen LogP contribution < -0.4 is 17.0 Å². The second-order valence-electron chi connectivity index (χ2n) is 2.58. The molecular formula is C8H11N3O2. The van der Waals surface area contributed by atoms with Gasteiger partial charge < -0.3 is 10.8 Å². The van der Waals surface area contributed by atoms with Gasteiger partial charge in [0.25, 0.3) is 5.91 Å². The summed E-state index contributed by atoms with van der Waals surface area (Å²) in [7, 11) is 0. The number of phenolic OH excluding ortho intramolecular Hbond substituents is 1. The first-order valence-corrected chi connectivity index (χ1v) is 3.70. The van der Waals surface area contributed by atoms with E-state index in [0.29, 0.717) is 5.56 Å². The van der Waals surface area contributed by atoms with Gasteiger partial charge in [-0.15, -0.1) is 0 Å². The second-order valence-corrected chi connectivity index (χ2v) is 2.58. The second kappa shape index (κ2) is 3.88. The van der Waals surface area contributed by atoms with Crippen LogP contribution in [-0.2, 0) is 4.79 Å². The summed E-state index contributed by atoms with van der Waals surface area (Å²) in [6.45, 7) is 0. The average Bonchev–Trinajstić information content (AvgIpc) is 2.17. The smallest absolute Gasteiger partial charge is 0.255 e. The number of benzene rings is 1. The van der Waals surface area contributed by atoms with E-state index in [1.54, 1.807) is 12.1 Å². The molecule has 0 saturated heterocycles. The van der Waals surface area contributed by atoms with E-state index in [9.17, 15) is 4.79 Å². The van der Waals surface area contributed by atoms with E-state index in [-0.39, 0.29) is 5.75 Å². The van der Waals surface area contributed by atoms with Gasteiger partial charge in [-0.25, -0.2) is 5.84 Å². The molecule has 1 aromatic carbocycles. The molecule has 0 fully saturated rings. The summed E-state index contributed by atoms with van der Waals surface area (Å²) >= 11 is 0. The molecule has 0 bridgehead atoms. The highest BCUT2D eigenvalue weighted by atomic mass is 16.3. The zero-order chi connectivity index (χ0) is 9.84. The molecule has 0 aliphatic rings. The van der Waals surface area contributed by atoms with Crippen molar-refractivity contribution in [2.75, 3.05) is 0 Å². The molecule has 0 saturated carbocycles. The number of phenols is 1. The van der Waals surface area contributed by atoms with Crippen molar-refractivity contribution in [3.63, 3.8) is 0 Å². The van der Waals surface area contributed by atoms with Crippen LogP contribution in [0.15, 0.2) is 24.3 Å². The van der Waals surface area contributed by atoms with Crippen LogP contribution in [-0.4, -0.2) is 11.0 Å². The highest BCUT2D eigenvalue weighted by Gasteiger charge is 2.13. The van der Waals surface area contributed by atoms with Crippen LogP contribution in [0.5, 0.6) is 5.75 Å². The Morgan fingerprint density at radius 3 is 2.38 bits per heavy atom. The molecule has 5 heteroatoms.